The largest absolute Gasteiger partial charge is 0.492 e. The molecule has 37 heavy (non-hydrogen) atoms. The number of carbonyl (C=O) groups is 3. The quantitative estimate of drug-likeness (QED) is 0.145. The van der Waals surface area contributed by atoms with Crippen LogP contribution in [0.15, 0.2) is 24.5 Å². The molecular formula is C28H49N3O6. The average Bonchev–Trinajstić information content (AvgIpc) is 2.77. The molecule has 1 fully saturated rings. The molecule has 1 saturated carbocycles. The Morgan fingerprint density at radius 3 is 1.95 bits per heavy atom. The maximum Gasteiger partial charge on any atom is 0.407 e. The maximum atomic E-state index is 12.2. The highest BCUT2D eigenvalue weighted by Gasteiger charge is 2.41. The van der Waals surface area contributed by atoms with E-state index in [2.05, 4.69) is 49.9 Å². The smallest absolute Gasteiger partial charge is 0.407 e. The van der Waals surface area contributed by atoms with Crippen LogP contribution in [0.3, 0.4) is 0 Å². The van der Waals surface area contributed by atoms with E-state index < -0.39 is 12.2 Å². The van der Waals surface area contributed by atoms with Gasteiger partial charge in [0.25, 0.3) is 0 Å². The van der Waals surface area contributed by atoms with Crippen LogP contribution in [-0.4, -0.2) is 57.0 Å². The molecule has 0 bridgehead atoms. The van der Waals surface area contributed by atoms with Gasteiger partial charge in [-0.3, -0.25) is 4.79 Å². The van der Waals surface area contributed by atoms with Crippen LogP contribution in [0, 0.1) is 10.8 Å². The molecule has 2 atom stereocenters. The second-order valence-electron chi connectivity index (χ2n) is 11.3. The zero-order chi connectivity index (χ0) is 27.9. The van der Waals surface area contributed by atoms with Crippen molar-refractivity contribution in [3.63, 3.8) is 0 Å². The molecule has 2 unspecified atom stereocenters. The Morgan fingerprint density at radius 1 is 0.811 bits per heavy atom. The minimum atomic E-state index is -0.458. The predicted molar refractivity (Wildman–Crippen MR) is 145 cm³/mol. The number of hydrogen-bond donors (Lipinski definition) is 3. The fourth-order valence-corrected chi connectivity index (χ4v) is 5.06. The van der Waals surface area contributed by atoms with E-state index in [1.54, 1.807) is 13.8 Å². The van der Waals surface area contributed by atoms with E-state index in [0.29, 0.717) is 38.7 Å². The van der Waals surface area contributed by atoms with Crippen LogP contribution in [0.25, 0.3) is 0 Å². The molecular weight excluding hydrogens is 474 g/mol. The molecule has 0 spiro atoms. The molecule has 0 aromatic carbocycles. The van der Waals surface area contributed by atoms with Crippen molar-refractivity contribution in [3.8, 4) is 0 Å². The normalized spacial score (nSPS) is 20.3. The number of nitrogens with one attached hydrogen (secondary N) is 3. The summed E-state index contributed by atoms with van der Waals surface area (Å²) in [6, 6.07) is 0.121. The number of hydrogen-bond acceptors (Lipinski definition) is 6. The van der Waals surface area contributed by atoms with Gasteiger partial charge < -0.3 is 30.2 Å². The molecule has 0 aliphatic heterocycles. The maximum absolute atomic E-state index is 12.2. The van der Waals surface area contributed by atoms with Crippen LogP contribution >= 0.6 is 0 Å². The molecule has 1 aliphatic rings. The van der Waals surface area contributed by atoms with E-state index in [0.717, 1.165) is 56.9 Å². The van der Waals surface area contributed by atoms with Crippen LogP contribution in [0.1, 0.15) is 86.0 Å². The summed E-state index contributed by atoms with van der Waals surface area (Å²) in [7, 11) is 0. The molecule has 1 aliphatic carbocycles. The first kappa shape index (κ1) is 32.3. The van der Waals surface area contributed by atoms with Crippen molar-refractivity contribution in [2.24, 2.45) is 10.8 Å². The van der Waals surface area contributed by atoms with E-state index in [-0.39, 0.29) is 22.8 Å². The number of unbranched alkanes of at least 4 members (excludes halogenated alkanes) is 4. The lowest BCUT2D eigenvalue weighted by molar-refractivity contribution is -0.120. The van der Waals surface area contributed by atoms with Crippen LogP contribution in [-0.2, 0) is 19.0 Å². The van der Waals surface area contributed by atoms with Gasteiger partial charge in [-0.2, -0.15) is 0 Å². The summed E-state index contributed by atoms with van der Waals surface area (Å²) in [6.07, 6.45) is 6.32. The van der Waals surface area contributed by atoms with E-state index in [1.807, 2.05) is 0 Å². The first-order chi connectivity index (χ1) is 17.3. The Labute approximate surface area is 223 Å². The number of rotatable bonds is 16. The van der Waals surface area contributed by atoms with Gasteiger partial charge in [0.05, 0.1) is 19.8 Å². The lowest BCUT2D eigenvalue weighted by Crippen LogP contribution is -2.50. The zero-order valence-corrected chi connectivity index (χ0v) is 23.6. The van der Waals surface area contributed by atoms with Gasteiger partial charge in [-0.25, -0.2) is 9.59 Å². The average molecular weight is 524 g/mol. The number of carbonyl (C=O) groups excluding carboxylic acids is 3. The molecule has 0 saturated heterocycles. The molecule has 3 amide bonds. The Morgan fingerprint density at radius 2 is 1.38 bits per heavy atom. The monoisotopic (exact) mass is 523 g/mol. The third-order valence-corrected chi connectivity index (χ3v) is 6.39. The number of amides is 3. The first-order valence-electron chi connectivity index (χ1n) is 13.4. The van der Waals surface area contributed by atoms with E-state index in [4.69, 9.17) is 14.2 Å². The minimum absolute atomic E-state index is 0.0151. The van der Waals surface area contributed by atoms with E-state index >= 15 is 0 Å². The Balaban J connectivity index is 2.06. The van der Waals surface area contributed by atoms with E-state index in [1.165, 1.54) is 0 Å². The number of ether oxygens (including phenoxy) is 3. The lowest BCUT2D eigenvalue weighted by atomic mass is 9.62. The van der Waals surface area contributed by atoms with Crippen LogP contribution in [0.4, 0.5) is 9.59 Å². The molecule has 0 heterocycles. The van der Waals surface area contributed by atoms with Gasteiger partial charge in [0.2, 0.25) is 5.91 Å². The summed E-state index contributed by atoms with van der Waals surface area (Å²) in [5.74, 6) is 0.496. The summed E-state index contributed by atoms with van der Waals surface area (Å²) >= 11 is 0. The fourth-order valence-electron chi connectivity index (χ4n) is 5.06. The topological polar surface area (TPSA) is 115 Å². The van der Waals surface area contributed by atoms with Gasteiger partial charge in [-0.1, -0.05) is 53.2 Å². The van der Waals surface area contributed by atoms with Crippen molar-refractivity contribution < 1.29 is 28.6 Å². The first-order valence-corrected chi connectivity index (χ1v) is 13.4. The van der Waals surface area contributed by atoms with Gasteiger partial charge in [0, 0.05) is 19.5 Å². The van der Waals surface area contributed by atoms with E-state index in [9.17, 15) is 14.4 Å². The van der Waals surface area contributed by atoms with Crippen LogP contribution in [0.2, 0.25) is 0 Å². The Bertz CT molecular complexity index is 782. The highest BCUT2D eigenvalue weighted by Crippen LogP contribution is 2.45. The standard InChI is InChI=1S/C28H49N3O6/c1-21(2)22(3)35-16-13-29-25(33)36-14-11-9-8-10-12-15-37-26(34)30-20-28(7)18-24(31-23(4)32)17-27(5,6)19-28/h24H,1,3,8-20H2,2,4-7H3,(H,29,33)(H,30,34)(H,31,32). The lowest BCUT2D eigenvalue weighted by Gasteiger charge is -2.46. The molecule has 0 radical (unpaired) electrons. The minimum Gasteiger partial charge on any atom is -0.492 e. The Kier molecular flexibility index (Phi) is 14.1. The van der Waals surface area contributed by atoms with Gasteiger partial charge in [0.1, 0.15) is 12.4 Å². The fraction of sp³-hybridized carbons (Fsp3) is 0.750. The SMILES string of the molecule is C=C(C)C(=C)OCCNC(=O)OCCCCCCCOC(=O)NCC1(C)CC(NC(C)=O)CC(C)(C)C1. The summed E-state index contributed by atoms with van der Waals surface area (Å²) in [6.45, 7) is 19.3. The predicted octanol–water partition coefficient (Wildman–Crippen LogP) is 5.22. The zero-order valence-electron chi connectivity index (χ0n) is 23.6. The van der Waals surface area contributed by atoms with Crippen LogP contribution < -0.4 is 16.0 Å². The summed E-state index contributed by atoms with van der Waals surface area (Å²) in [5.41, 5.74) is 0.751. The van der Waals surface area contributed by atoms with Crippen molar-refractivity contribution in [3.05, 3.63) is 24.5 Å². The molecule has 1 rings (SSSR count). The van der Waals surface area contributed by atoms with Crippen molar-refractivity contribution in [1.82, 2.24) is 16.0 Å². The van der Waals surface area contributed by atoms with Crippen molar-refractivity contribution >= 4 is 18.1 Å². The summed E-state index contributed by atoms with van der Waals surface area (Å²) in [4.78, 5) is 35.3. The van der Waals surface area contributed by atoms with Gasteiger partial charge >= 0.3 is 12.2 Å². The second kappa shape index (κ2) is 16.2. The Hall–Kier alpha value is -2.71. The summed E-state index contributed by atoms with van der Waals surface area (Å²) < 4.78 is 15.8. The second-order valence-corrected chi connectivity index (χ2v) is 11.3. The number of allylic oxidation sites excluding steroid dienone is 1. The summed E-state index contributed by atoms with van der Waals surface area (Å²) in [5, 5.41) is 8.59. The molecule has 0 aromatic rings. The third kappa shape index (κ3) is 15.2. The molecule has 3 N–H and O–H groups in total. The van der Waals surface area contributed by atoms with Crippen molar-refractivity contribution in [1.29, 1.82) is 0 Å². The molecule has 9 heteroatoms. The number of alkyl carbamates (subject to hydrolysis) is 2. The van der Waals surface area contributed by atoms with Crippen molar-refractivity contribution in [2.75, 3.05) is 32.9 Å². The third-order valence-electron chi connectivity index (χ3n) is 6.39. The van der Waals surface area contributed by atoms with Gasteiger partial charge in [0.15, 0.2) is 0 Å². The van der Waals surface area contributed by atoms with Crippen molar-refractivity contribution in [2.45, 2.75) is 92.0 Å². The van der Waals surface area contributed by atoms with Crippen LogP contribution in [0.5, 0.6) is 0 Å². The molecule has 0 aromatic heterocycles. The highest BCUT2D eigenvalue weighted by atomic mass is 16.6. The molecule has 212 valence electrons. The van der Waals surface area contributed by atoms with Gasteiger partial charge in [-0.15, -0.1) is 0 Å². The van der Waals surface area contributed by atoms with Gasteiger partial charge in [-0.05, 0) is 55.4 Å². The molecule has 9 nitrogen and oxygen atoms in total. The highest BCUT2D eigenvalue weighted by molar-refractivity contribution is 5.73.